The number of hydrogen-bond acceptors (Lipinski definition) is 1. The fraction of sp³-hybridized carbons (Fsp3) is 0.857. The Bertz CT molecular complexity index is 128. The van der Waals surface area contributed by atoms with Gasteiger partial charge >= 0.3 is 6.18 Å². The third kappa shape index (κ3) is 4.81. The molecule has 0 amide bonds. The van der Waals surface area contributed by atoms with Crippen LogP contribution in [0.2, 0.25) is 0 Å². The molecule has 4 heteroatoms. The summed E-state index contributed by atoms with van der Waals surface area (Å²) in [6.45, 7) is 3.49. The molecule has 0 aliphatic carbocycles. The van der Waals surface area contributed by atoms with Gasteiger partial charge in [0.2, 0.25) is 0 Å². The molecule has 0 N–H and O–H groups in total. The quantitative estimate of drug-likeness (QED) is 0.573. The van der Waals surface area contributed by atoms with Gasteiger partial charge in [0.15, 0.2) is 0 Å². The monoisotopic (exact) mass is 167 g/mol. The van der Waals surface area contributed by atoms with Gasteiger partial charge in [-0.25, -0.2) is 0 Å². The van der Waals surface area contributed by atoms with Crippen molar-refractivity contribution < 1.29 is 13.2 Å². The molecule has 0 aromatic rings. The molecule has 0 spiro atoms. The maximum absolute atomic E-state index is 11.8. The Morgan fingerprint density at radius 2 is 2.00 bits per heavy atom. The molecular weight excluding hydrogens is 155 g/mol. The second kappa shape index (κ2) is 4.36. The Kier molecular flexibility index (Phi) is 4.15. The molecule has 1 unspecified atom stereocenters. The summed E-state index contributed by atoms with van der Waals surface area (Å²) in [6, 6.07) is 0. The molecule has 0 heterocycles. The molecule has 0 aromatic heterocycles. The molecule has 0 aromatic carbocycles. The molecule has 0 aliphatic rings. The molecule has 66 valence electrons. The highest BCUT2D eigenvalue weighted by Gasteiger charge is 2.34. The maximum atomic E-state index is 11.8. The fourth-order valence-corrected chi connectivity index (χ4v) is 0.495. The highest BCUT2D eigenvalue weighted by atomic mass is 19.4. The lowest BCUT2D eigenvalue weighted by Crippen LogP contribution is -2.19. The van der Waals surface area contributed by atoms with E-state index in [1.54, 1.807) is 6.92 Å². The van der Waals surface area contributed by atoms with E-state index in [1.807, 2.05) is 0 Å². The SMILES string of the molecule is CC/N=C\CC(C)C(F)(F)F. The highest BCUT2D eigenvalue weighted by molar-refractivity contribution is 5.57. The summed E-state index contributed by atoms with van der Waals surface area (Å²) in [5.41, 5.74) is 0. The van der Waals surface area contributed by atoms with Crippen LogP contribution < -0.4 is 0 Å². The summed E-state index contributed by atoms with van der Waals surface area (Å²) >= 11 is 0. The topological polar surface area (TPSA) is 12.4 Å². The van der Waals surface area contributed by atoms with Crippen LogP contribution in [0.25, 0.3) is 0 Å². The first kappa shape index (κ1) is 10.5. The van der Waals surface area contributed by atoms with Crippen LogP contribution in [0.1, 0.15) is 20.3 Å². The van der Waals surface area contributed by atoms with Crippen molar-refractivity contribution in [2.75, 3.05) is 6.54 Å². The van der Waals surface area contributed by atoms with Crippen molar-refractivity contribution >= 4 is 6.21 Å². The summed E-state index contributed by atoms with van der Waals surface area (Å²) in [4.78, 5) is 3.70. The van der Waals surface area contributed by atoms with Crippen LogP contribution in [0.4, 0.5) is 13.2 Å². The lowest BCUT2D eigenvalue weighted by atomic mass is 10.1. The minimum atomic E-state index is -4.08. The summed E-state index contributed by atoms with van der Waals surface area (Å²) in [6.07, 6.45) is -2.77. The summed E-state index contributed by atoms with van der Waals surface area (Å²) in [7, 11) is 0. The molecule has 0 fully saturated rings. The third-order valence-electron chi connectivity index (χ3n) is 1.33. The number of hydrogen-bond donors (Lipinski definition) is 0. The van der Waals surface area contributed by atoms with Crippen LogP contribution >= 0.6 is 0 Å². The van der Waals surface area contributed by atoms with Crippen LogP contribution in [0.5, 0.6) is 0 Å². The van der Waals surface area contributed by atoms with Gasteiger partial charge in [-0.1, -0.05) is 6.92 Å². The average Bonchev–Trinajstić information content (AvgIpc) is 1.86. The van der Waals surface area contributed by atoms with E-state index >= 15 is 0 Å². The van der Waals surface area contributed by atoms with Crippen molar-refractivity contribution in [3.63, 3.8) is 0 Å². The molecule has 0 saturated carbocycles. The highest BCUT2D eigenvalue weighted by Crippen LogP contribution is 2.27. The summed E-state index contributed by atoms with van der Waals surface area (Å²) in [5, 5.41) is 0. The van der Waals surface area contributed by atoms with Crippen LogP contribution in [-0.2, 0) is 0 Å². The first-order valence-corrected chi connectivity index (χ1v) is 3.53. The van der Waals surface area contributed by atoms with Gasteiger partial charge in [0.1, 0.15) is 0 Å². The number of rotatable bonds is 3. The van der Waals surface area contributed by atoms with E-state index in [0.717, 1.165) is 6.92 Å². The summed E-state index contributed by atoms with van der Waals surface area (Å²) < 4.78 is 35.4. The molecule has 1 nitrogen and oxygen atoms in total. The van der Waals surface area contributed by atoms with Crippen molar-refractivity contribution in [3.8, 4) is 0 Å². The zero-order chi connectivity index (χ0) is 8.91. The van der Waals surface area contributed by atoms with E-state index < -0.39 is 12.1 Å². The van der Waals surface area contributed by atoms with E-state index in [-0.39, 0.29) is 6.42 Å². The maximum Gasteiger partial charge on any atom is 0.391 e. The van der Waals surface area contributed by atoms with Crippen LogP contribution in [0.15, 0.2) is 4.99 Å². The van der Waals surface area contributed by atoms with E-state index in [2.05, 4.69) is 4.99 Å². The minimum Gasteiger partial charge on any atom is -0.298 e. The predicted octanol–water partition coefficient (Wildman–Crippen LogP) is 2.67. The second-order valence-corrected chi connectivity index (χ2v) is 2.36. The molecule has 1 atom stereocenters. The standard InChI is InChI=1S/C7H12F3N/c1-3-11-5-4-6(2)7(8,9)10/h5-6H,3-4H2,1-2H3/b11-5-. The molecule has 11 heavy (non-hydrogen) atoms. The fourth-order valence-electron chi connectivity index (χ4n) is 0.495. The average molecular weight is 167 g/mol. The number of alkyl halides is 3. The van der Waals surface area contributed by atoms with Crippen LogP contribution in [0.3, 0.4) is 0 Å². The van der Waals surface area contributed by atoms with Gasteiger partial charge in [-0.2, -0.15) is 13.2 Å². The predicted molar refractivity (Wildman–Crippen MR) is 38.9 cm³/mol. The zero-order valence-electron chi connectivity index (χ0n) is 6.65. The van der Waals surface area contributed by atoms with E-state index in [4.69, 9.17) is 0 Å². The Labute approximate surface area is 64.3 Å². The van der Waals surface area contributed by atoms with Gasteiger partial charge in [0.05, 0.1) is 5.92 Å². The Morgan fingerprint density at radius 3 is 2.36 bits per heavy atom. The normalized spacial score (nSPS) is 15.7. The molecule has 0 aliphatic heterocycles. The first-order chi connectivity index (χ1) is 4.98. The molecule has 0 rings (SSSR count). The van der Waals surface area contributed by atoms with Gasteiger partial charge in [-0.05, 0) is 19.6 Å². The number of aliphatic imine (C=N–C) groups is 1. The first-order valence-electron chi connectivity index (χ1n) is 3.53. The summed E-state index contributed by atoms with van der Waals surface area (Å²) in [5.74, 6) is -1.28. The Hall–Kier alpha value is -0.540. The lowest BCUT2D eigenvalue weighted by Gasteiger charge is -2.12. The second-order valence-electron chi connectivity index (χ2n) is 2.36. The molecule has 0 bridgehead atoms. The molecule has 0 saturated heterocycles. The Morgan fingerprint density at radius 1 is 1.45 bits per heavy atom. The van der Waals surface area contributed by atoms with Gasteiger partial charge in [-0.15, -0.1) is 0 Å². The van der Waals surface area contributed by atoms with E-state index in [9.17, 15) is 13.2 Å². The van der Waals surface area contributed by atoms with Crippen molar-refractivity contribution in [1.29, 1.82) is 0 Å². The van der Waals surface area contributed by atoms with Crippen LogP contribution in [-0.4, -0.2) is 18.9 Å². The van der Waals surface area contributed by atoms with Gasteiger partial charge in [0.25, 0.3) is 0 Å². The van der Waals surface area contributed by atoms with Gasteiger partial charge < -0.3 is 0 Å². The smallest absolute Gasteiger partial charge is 0.298 e. The Balaban J connectivity index is 3.69. The number of nitrogens with zero attached hydrogens (tertiary/aromatic N) is 1. The van der Waals surface area contributed by atoms with Gasteiger partial charge in [-0.3, -0.25) is 4.99 Å². The van der Waals surface area contributed by atoms with Crippen molar-refractivity contribution in [3.05, 3.63) is 0 Å². The zero-order valence-corrected chi connectivity index (χ0v) is 6.65. The van der Waals surface area contributed by atoms with Crippen molar-refractivity contribution in [2.45, 2.75) is 26.4 Å². The van der Waals surface area contributed by atoms with E-state index in [1.165, 1.54) is 6.21 Å². The van der Waals surface area contributed by atoms with Crippen molar-refractivity contribution in [1.82, 2.24) is 0 Å². The van der Waals surface area contributed by atoms with Crippen LogP contribution in [0, 0.1) is 5.92 Å². The third-order valence-corrected chi connectivity index (χ3v) is 1.33. The lowest BCUT2D eigenvalue weighted by molar-refractivity contribution is -0.167. The van der Waals surface area contributed by atoms with E-state index in [0.29, 0.717) is 6.54 Å². The number of halogens is 3. The minimum absolute atomic E-state index is 0.0165. The molecular formula is C7H12F3N. The largest absolute Gasteiger partial charge is 0.391 e. The molecule has 0 radical (unpaired) electrons. The van der Waals surface area contributed by atoms with Crippen molar-refractivity contribution in [2.24, 2.45) is 10.9 Å². The van der Waals surface area contributed by atoms with Gasteiger partial charge in [0, 0.05) is 6.54 Å².